The molecule has 1 amide bonds. The van der Waals surface area contributed by atoms with Crippen molar-refractivity contribution in [2.45, 2.75) is 6.92 Å². The van der Waals surface area contributed by atoms with Gasteiger partial charge in [-0.25, -0.2) is 4.79 Å². The Balaban J connectivity index is 2.54. The second-order valence-corrected chi connectivity index (χ2v) is 4.12. The molecule has 0 heterocycles. The number of hydrogen-bond donors (Lipinski definition) is 1. The minimum atomic E-state index is -0.579. The summed E-state index contributed by atoms with van der Waals surface area (Å²) in [6.07, 6.45) is 2.74. The van der Waals surface area contributed by atoms with E-state index in [0.29, 0.717) is 15.7 Å². The topological polar surface area (TPSA) is 55.4 Å². The van der Waals surface area contributed by atoms with Gasteiger partial charge in [0, 0.05) is 11.1 Å². The molecular weight excluding hydrogens is 277 g/mol. The molecule has 96 valence electrons. The lowest BCUT2D eigenvalue weighted by molar-refractivity contribution is -0.142. The molecule has 1 rings (SSSR count). The van der Waals surface area contributed by atoms with E-state index < -0.39 is 11.9 Å². The summed E-state index contributed by atoms with van der Waals surface area (Å²) in [6, 6.07) is 4.67. The van der Waals surface area contributed by atoms with Gasteiger partial charge in [-0.2, -0.15) is 0 Å². The number of carbonyl (C=O) groups excluding carboxylic acids is 2. The molecule has 1 aromatic carbocycles. The molecule has 0 aromatic heterocycles. The summed E-state index contributed by atoms with van der Waals surface area (Å²) in [4.78, 5) is 22.5. The van der Waals surface area contributed by atoms with E-state index >= 15 is 0 Å². The quantitative estimate of drug-likeness (QED) is 0.684. The van der Waals surface area contributed by atoms with E-state index in [0.717, 1.165) is 0 Å². The zero-order valence-corrected chi connectivity index (χ0v) is 11.1. The maximum absolute atomic E-state index is 11.5. The van der Waals surface area contributed by atoms with Crippen molar-refractivity contribution in [1.29, 1.82) is 0 Å². The Bertz CT molecular complexity index is 486. The van der Waals surface area contributed by atoms with Gasteiger partial charge in [0.1, 0.15) is 0 Å². The maximum atomic E-state index is 11.5. The van der Waals surface area contributed by atoms with Gasteiger partial charge in [-0.15, -0.1) is 0 Å². The van der Waals surface area contributed by atoms with Crippen molar-refractivity contribution in [1.82, 2.24) is 0 Å². The number of ether oxygens (including phenoxy) is 1. The number of halogens is 2. The maximum Gasteiger partial charge on any atom is 0.330 e. The van der Waals surface area contributed by atoms with Crippen molar-refractivity contribution in [3.05, 3.63) is 40.4 Å². The molecule has 0 atom stereocenters. The first-order chi connectivity index (χ1) is 8.52. The van der Waals surface area contributed by atoms with Gasteiger partial charge in [-0.1, -0.05) is 29.3 Å². The van der Waals surface area contributed by atoms with Gasteiger partial charge >= 0.3 is 5.97 Å². The summed E-state index contributed by atoms with van der Waals surface area (Å²) >= 11 is 11.6. The highest BCUT2D eigenvalue weighted by molar-refractivity contribution is 6.35. The highest BCUT2D eigenvalue weighted by Crippen LogP contribution is 2.25. The molecule has 1 N–H and O–H groups in total. The molecule has 0 aliphatic rings. The van der Waals surface area contributed by atoms with Crippen molar-refractivity contribution in [3.63, 3.8) is 0 Å². The lowest BCUT2D eigenvalue weighted by Crippen LogP contribution is -2.20. The molecule has 0 saturated heterocycles. The van der Waals surface area contributed by atoms with Crippen LogP contribution in [0.4, 0.5) is 5.69 Å². The highest BCUT2D eigenvalue weighted by atomic mass is 35.5. The van der Waals surface area contributed by atoms with Crippen LogP contribution >= 0.6 is 23.2 Å². The van der Waals surface area contributed by atoms with Crippen molar-refractivity contribution >= 4 is 40.8 Å². The van der Waals surface area contributed by atoms with Crippen LogP contribution in [-0.2, 0) is 14.3 Å². The Morgan fingerprint density at radius 2 is 2.11 bits per heavy atom. The molecule has 0 aliphatic heterocycles. The fourth-order valence-corrected chi connectivity index (χ4v) is 1.44. The summed E-state index contributed by atoms with van der Waals surface area (Å²) < 4.78 is 4.67. The third-order valence-corrected chi connectivity index (χ3v) is 2.42. The zero-order valence-electron chi connectivity index (χ0n) is 9.57. The van der Waals surface area contributed by atoms with Crippen molar-refractivity contribution in [2.75, 3.05) is 11.9 Å². The monoisotopic (exact) mass is 287 g/mol. The van der Waals surface area contributed by atoms with E-state index in [4.69, 9.17) is 23.2 Å². The number of carbonyl (C=O) groups is 2. The lowest BCUT2D eigenvalue weighted by Gasteiger charge is -2.07. The fourth-order valence-electron chi connectivity index (χ4n) is 1.10. The number of amides is 1. The SMILES string of the molecule is C/C=C/C(=O)OCC(=O)Nc1cc(Cl)ccc1Cl. The number of allylic oxidation sites excluding steroid dienone is 1. The molecule has 0 spiro atoms. The van der Waals surface area contributed by atoms with Crippen LogP contribution in [0.25, 0.3) is 0 Å². The molecule has 6 heteroatoms. The number of rotatable bonds is 4. The Hall–Kier alpha value is -1.52. The van der Waals surface area contributed by atoms with Gasteiger partial charge < -0.3 is 10.1 Å². The fraction of sp³-hybridized carbons (Fsp3) is 0.167. The number of anilines is 1. The smallest absolute Gasteiger partial charge is 0.330 e. The van der Waals surface area contributed by atoms with Gasteiger partial charge in [-0.05, 0) is 25.1 Å². The van der Waals surface area contributed by atoms with E-state index in [-0.39, 0.29) is 6.61 Å². The standard InChI is InChI=1S/C12H11Cl2NO3/c1-2-3-12(17)18-7-11(16)15-10-6-8(13)4-5-9(10)14/h2-6H,7H2,1H3,(H,15,16)/b3-2+. The molecule has 18 heavy (non-hydrogen) atoms. The minimum absolute atomic E-state index is 0.354. The van der Waals surface area contributed by atoms with Crippen molar-refractivity contribution in [2.24, 2.45) is 0 Å². The van der Waals surface area contributed by atoms with Gasteiger partial charge in [0.2, 0.25) is 0 Å². The Morgan fingerprint density at radius 3 is 2.78 bits per heavy atom. The predicted octanol–water partition coefficient (Wildman–Crippen LogP) is 3.05. The largest absolute Gasteiger partial charge is 0.452 e. The van der Waals surface area contributed by atoms with Crippen LogP contribution in [0.15, 0.2) is 30.4 Å². The molecule has 4 nitrogen and oxygen atoms in total. The molecule has 0 saturated carbocycles. The average Bonchev–Trinajstić information content (AvgIpc) is 2.32. The first-order valence-corrected chi connectivity index (χ1v) is 5.83. The Kier molecular flexibility index (Phi) is 5.68. The molecule has 0 bridgehead atoms. The van der Waals surface area contributed by atoms with Gasteiger partial charge in [0.25, 0.3) is 5.91 Å². The normalized spacial score (nSPS) is 10.4. The van der Waals surface area contributed by atoms with Crippen LogP contribution in [0, 0.1) is 0 Å². The van der Waals surface area contributed by atoms with Gasteiger partial charge in [-0.3, -0.25) is 4.79 Å². The Morgan fingerprint density at radius 1 is 1.39 bits per heavy atom. The van der Waals surface area contributed by atoms with E-state index in [1.807, 2.05) is 0 Å². The summed E-state index contributed by atoms with van der Waals surface area (Å²) in [7, 11) is 0. The van der Waals surface area contributed by atoms with E-state index in [1.54, 1.807) is 19.1 Å². The van der Waals surface area contributed by atoms with Crippen LogP contribution in [0.3, 0.4) is 0 Å². The second-order valence-electron chi connectivity index (χ2n) is 3.28. The molecule has 0 fully saturated rings. The first-order valence-electron chi connectivity index (χ1n) is 5.07. The summed E-state index contributed by atoms with van der Waals surface area (Å²) in [5, 5.41) is 3.29. The van der Waals surface area contributed by atoms with E-state index in [9.17, 15) is 9.59 Å². The lowest BCUT2D eigenvalue weighted by atomic mass is 10.3. The van der Waals surface area contributed by atoms with E-state index in [2.05, 4.69) is 10.1 Å². The van der Waals surface area contributed by atoms with Gasteiger partial charge in [0.05, 0.1) is 10.7 Å². The van der Waals surface area contributed by atoms with Crippen molar-refractivity contribution in [3.8, 4) is 0 Å². The molecule has 1 aromatic rings. The summed E-state index contributed by atoms with van der Waals surface area (Å²) in [5.74, 6) is -1.07. The van der Waals surface area contributed by atoms with Gasteiger partial charge in [0.15, 0.2) is 6.61 Å². The first kappa shape index (κ1) is 14.5. The molecular formula is C12H11Cl2NO3. The number of esters is 1. The minimum Gasteiger partial charge on any atom is -0.452 e. The van der Waals surface area contributed by atoms with Crippen LogP contribution in [0.1, 0.15) is 6.92 Å². The predicted molar refractivity (Wildman–Crippen MR) is 70.9 cm³/mol. The average molecular weight is 288 g/mol. The summed E-state index contributed by atoms with van der Waals surface area (Å²) in [5.41, 5.74) is 0.372. The molecule has 0 radical (unpaired) electrons. The van der Waals surface area contributed by atoms with Crippen LogP contribution in [-0.4, -0.2) is 18.5 Å². The third-order valence-electron chi connectivity index (χ3n) is 1.85. The second kappa shape index (κ2) is 7.03. The number of nitrogens with one attached hydrogen (secondary N) is 1. The summed E-state index contributed by atoms with van der Waals surface area (Å²) in [6.45, 7) is 1.29. The van der Waals surface area contributed by atoms with Crippen molar-refractivity contribution < 1.29 is 14.3 Å². The van der Waals surface area contributed by atoms with Crippen LogP contribution < -0.4 is 5.32 Å². The molecule has 0 aliphatic carbocycles. The third kappa shape index (κ3) is 4.77. The highest BCUT2D eigenvalue weighted by Gasteiger charge is 2.08. The van der Waals surface area contributed by atoms with Crippen LogP contribution in [0.5, 0.6) is 0 Å². The molecule has 0 unspecified atom stereocenters. The number of benzene rings is 1. The number of hydrogen-bond acceptors (Lipinski definition) is 3. The van der Waals surface area contributed by atoms with E-state index in [1.165, 1.54) is 18.2 Å². The van der Waals surface area contributed by atoms with Crippen LogP contribution in [0.2, 0.25) is 10.0 Å². The zero-order chi connectivity index (χ0) is 13.5. The Labute approximate surface area is 115 Å².